The van der Waals surface area contributed by atoms with Crippen LogP contribution in [0.15, 0.2) is 24.3 Å². The number of esters is 1. The summed E-state index contributed by atoms with van der Waals surface area (Å²) in [5.74, 6) is -3.50. The molecule has 0 amide bonds. The van der Waals surface area contributed by atoms with E-state index in [1.807, 2.05) is 0 Å². The zero-order chi connectivity index (χ0) is 19.4. The Morgan fingerprint density at radius 2 is 1.78 bits per heavy atom. The van der Waals surface area contributed by atoms with Gasteiger partial charge in [-0.2, -0.15) is 0 Å². The molecular weight excluding hydrogens is 353 g/mol. The Balaban J connectivity index is 1.61. The zero-order valence-corrected chi connectivity index (χ0v) is 15.6. The number of carbonyl (C=O) groups is 1. The van der Waals surface area contributed by atoms with Crippen molar-refractivity contribution >= 4 is 16.7 Å². The van der Waals surface area contributed by atoms with Gasteiger partial charge in [0.05, 0.1) is 5.92 Å². The smallest absolute Gasteiger partial charge is 0.314 e. The third kappa shape index (κ3) is 4.63. The van der Waals surface area contributed by atoms with E-state index in [1.54, 1.807) is 0 Å². The third-order valence-electron chi connectivity index (χ3n) is 5.56. The number of hydrogen-bond acceptors (Lipinski definition) is 2. The van der Waals surface area contributed by atoms with Crippen LogP contribution in [0.1, 0.15) is 58.3 Å². The zero-order valence-electron chi connectivity index (χ0n) is 15.6. The Hall–Kier alpha value is -2.04. The lowest BCUT2D eigenvalue weighted by Crippen LogP contribution is -2.25. The second-order valence-electron chi connectivity index (χ2n) is 7.50. The Morgan fingerprint density at radius 3 is 2.48 bits per heavy atom. The minimum atomic E-state index is -1.50. The van der Waals surface area contributed by atoms with Gasteiger partial charge in [-0.3, -0.25) is 4.79 Å². The highest BCUT2D eigenvalue weighted by Gasteiger charge is 2.27. The first-order valence-corrected chi connectivity index (χ1v) is 9.78. The summed E-state index contributed by atoms with van der Waals surface area (Å²) in [6.07, 6.45) is 8.67. The normalized spacial score (nSPS) is 20.0. The molecule has 0 spiro atoms. The molecule has 1 fully saturated rings. The number of carbonyl (C=O) groups excluding carboxylic acids is 1. The summed E-state index contributed by atoms with van der Waals surface area (Å²) in [5, 5.41) is 0.123. The van der Waals surface area contributed by atoms with Gasteiger partial charge in [0.1, 0.15) is 5.75 Å². The van der Waals surface area contributed by atoms with Gasteiger partial charge in [-0.25, -0.2) is 13.2 Å². The van der Waals surface area contributed by atoms with Crippen LogP contribution in [-0.2, 0) is 4.79 Å². The monoisotopic (exact) mass is 378 g/mol. The quantitative estimate of drug-likeness (QED) is 0.247. The molecule has 0 unspecified atom stereocenters. The highest BCUT2D eigenvalue weighted by atomic mass is 19.2. The van der Waals surface area contributed by atoms with Crippen LogP contribution in [0.25, 0.3) is 10.8 Å². The van der Waals surface area contributed by atoms with E-state index in [2.05, 4.69) is 6.92 Å². The molecule has 2 aromatic rings. The van der Waals surface area contributed by atoms with Gasteiger partial charge in [0.2, 0.25) is 0 Å². The topological polar surface area (TPSA) is 26.3 Å². The Kier molecular flexibility index (Phi) is 6.40. The minimum absolute atomic E-state index is 0.0405. The summed E-state index contributed by atoms with van der Waals surface area (Å²) in [5.41, 5.74) is 0. The van der Waals surface area contributed by atoms with Gasteiger partial charge in [0, 0.05) is 5.39 Å². The van der Waals surface area contributed by atoms with Crippen molar-refractivity contribution in [3.63, 3.8) is 0 Å². The molecular formula is C22H25F3O2. The fraction of sp³-hybridized carbons (Fsp3) is 0.500. The standard InChI is InChI=1S/C22H25F3O2/c1-2-3-4-5-14-6-8-15(9-7-14)22(26)27-17-10-11-18-16(12-17)13-19(23)21(25)20(18)24/h10-15H,2-9H2,1H3. The average molecular weight is 378 g/mol. The lowest BCUT2D eigenvalue weighted by atomic mass is 9.80. The van der Waals surface area contributed by atoms with Gasteiger partial charge in [-0.05, 0) is 61.3 Å². The first-order chi connectivity index (χ1) is 13.0. The highest BCUT2D eigenvalue weighted by molar-refractivity contribution is 5.85. The number of hydrogen-bond donors (Lipinski definition) is 0. The maximum Gasteiger partial charge on any atom is 0.314 e. The summed E-state index contributed by atoms with van der Waals surface area (Å²) >= 11 is 0. The Morgan fingerprint density at radius 1 is 1.04 bits per heavy atom. The van der Waals surface area contributed by atoms with Gasteiger partial charge < -0.3 is 4.74 Å². The summed E-state index contributed by atoms with van der Waals surface area (Å²) in [6.45, 7) is 2.19. The largest absolute Gasteiger partial charge is 0.426 e. The first-order valence-electron chi connectivity index (χ1n) is 9.78. The number of fused-ring (bicyclic) bond motifs is 1. The minimum Gasteiger partial charge on any atom is -0.426 e. The number of halogens is 3. The van der Waals surface area contributed by atoms with Crippen LogP contribution in [0, 0.1) is 29.3 Å². The molecule has 3 rings (SSSR count). The van der Waals surface area contributed by atoms with Gasteiger partial charge in [-0.15, -0.1) is 0 Å². The molecule has 146 valence electrons. The van der Waals surface area contributed by atoms with E-state index in [-0.39, 0.29) is 28.4 Å². The van der Waals surface area contributed by atoms with Crippen LogP contribution in [0.3, 0.4) is 0 Å². The molecule has 0 heterocycles. The molecule has 0 aromatic heterocycles. The molecule has 0 aliphatic heterocycles. The molecule has 1 aliphatic carbocycles. The summed E-state index contributed by atoms with van der Waals surface area (Å²) in [4.78, 5) is 12.4. The number of unbranched alkanes of at least 4 members (excludes halogenated alkanes) is 2. The van der Waals surface area contributed by atoms with E-state index in [4.69, 9.17) is 4.74 Å². The van der Waals surface area contributed by atoms with Crippen molar-refractivity contribution in [3.8, 4) is 5.75 Å². The SMILES string of the molecule is CCCCCC1CCC(C(=O)Oc2ccc3c(F)c(F)c(F)cc3c2)CC1. The van der Waals surface area contributed by atoms with Gasteiger partial charge in [-0.1, -0.05) is 32.6 Å². The van der Waals surface area contributed by atoms with Gasteiger partial charge in [0.15, 0.2) is 17.5 Å². The van der Waals surface area contributed by atoms with Crippen molar-refractivity contribution in [2.24, 2.45) is 11.8 Å². The van der Waals surface area contributed by atoms with E-state index >= 15 is 0 Å². The van der Waals surface area contributed by atoms with E-state index in [0.29, 0.717) is 5.92 Å². The van der Waals surface area contributed by atoms with Crippen molar-refractivity contribution in [2.75, 3.05) is 0 Å². The average Bonchev–Trinajstić information content (AvgIpc) is 2.67. The highest BCUT2D eigenvalue weighted by Crippen LogP contribution is 2.33. The molecule has 0 N–H and O–H groups in total. The summed E-state index contributed by atoms with van der Waals surface area (Å²) in [7, 11) is 0. The molecule has 0 radical (unpaired) electrons. The molecule has 2 nitrogen and oxygen atoms in total. The fourth-order valence-electron chi connectivity index (χ4n) is 3.92. The van der Waals surface area contributed by atoms with Crippen molar-refractivity contribution in [1.82, 2.24) is 0 Å². The first kappa shape index (κ1) is 19.7. The lowest BCUT2D eigenvalue weighted by Gasteiger charge is -2.27. The third-order valence-corrected chi connectivity index (χ3v) is 5.56. The van der Waals surface area contributed by atoms with Gasteiger partial charge >= 0.3 is 5.97 Å². The fourth-order valence-corrected chi connectivity index (χ4v) is 3.92. The van der Waals surface area contributed by atoms with E-state index in [9.17, 15) is 18.0 Å². The number of benzene rings is 2. The maximum absolute atomic E-state index is 13.8. The van der Waals surface area contributed by atoms with Crippen LogP contribution in [0.5, 0.6) is 5.75 Å². The van der Waals surface area contributed by atoms with E-state index in [0.717, 1.165) is 31.7 Å². The lowest BCUT2D eigenvalue weighted by molar-refractivity contribution is -0.140. The van der Waals surface area contributed by atoms with Crippen molar-refractivity contribution in [3.05, 3.63) is 41.7 Å². The van der Waals surface area contributed by atoms with E-state index < -0.39 is 17.5 Å². The molecule has 5 heteroatoms. The predicted molar refractivity (Wildman–Crippen MR) is 99.0 cm³/mol. The summed E-state index contributed by atoms with van der Waals surface area (Å²) in [6, 6.07) is 5.00. The van der Waals surface area contributed by atoms with E-state index in [1.165, 1.54) is 43.9 Å². The van der Waals surface area contributed by atoms with Crippen molar-refractivity contribution < 1.29 is 22.7 Å². The molecule has 1 aliphatic rings. The Bertz CT molecular complexity index is 811. The second-order valence-corrected chi connectivity index (χ2v) is 7.50. The number of ether oxygens (including phenoxy) is 1. The van der Waals surface area contributed by atoms with Crippen LogP contribution in [0.2, 0.25) is 0 Å². The molecule has 0 atom stereocenters. The summed E-state index contributed by atoms with van der Waals surface area (Å²) < 4.78 is 45.9. The van der Waals surface area contributed by atoms with Crippen LogP contribution >= 0.6 is 0 Å². The van der Waals surface area contributed by atoms with Crippen molar-refractivity contribution in [2.45, 2.75) is 58.3 Å². The van der Waals surface area contributed by atoms with Crippen LogP contribution < -0.4 is 4.74 Å². The van der Waals surface area contributed by atoms with Crippen LogP contribution in [0.4, 0.5) is 13.2 Å². The molecule has 1 saturated carbocycles. The maximum atomic E-state index is 13.8. The van der Waals surface area contributed by atoms with Gasteiger partial charge in [0.25, 0.3) is 0 Å². The Labute approximate surface area is 157 Å². The van der Waals surface area contributed by atoms with Crippen LogP contribution in [-0.4, -0.2) is 5.97 Å². The second kappa shape index (κ2) is 8.77. The predicted octanol–water partition coefficient (Wildman–Crippen LogP) is 6.55. The molecule has 2 aromatic carbocycles. The van der Waals surface area contributed by atoms with Crippen molar-refractivity contribution in [1.29, 1.82) is 0 Å². The number of rotatable bonds is 6. The molecule has 0 bridgehead atoms. The molecule has 0 saturated heterocycles. The molecule has 27 heavy (non-hydrogen) atoms.